The van der Waals surface area contributed by atoms with Gasteiger partial charge in [-0.05, 0) is 39.3 Å². The second kappa shape index (κ2) is 5.25. The highest BCUT2D eigenvalue weighted by atomic mass is 32.2. The normalized spacial score (nSPS) is 22.9. The van der Waals surface area contributed by atoms with Gasteiger partial charge in [0.05, 0.1) is 0 Å². The molecule has 1 unspecified atom stereocenters. The van der Waals surface area contributed by atoms with E-state index >= 15 is 0 Å². The van der Waals surface area contributed by atoms with Crippen LogP contribution in [0.2, 0.25) is 0 Å². The smallest absolute Gasteiger partial charge is 0.279 e. The Balaban J connectivity index is 2.42. The summed E-state index contributed by atoms with van der Waals surface area (Å²) in [6, 6.07) is -0.01000. The van der Waals surface area contributed by atoms with Crippen LogP contribution in [0.5, 0.6) is 0 Å². The third kappa shape index (κ3) is 3.71. The maximum absolute atomic E-state index is 11.7. The molecule has 1 aliphatic rings. The molecule has 0 spiro atoms. The molecule has 0 bridgehead atoms. The van der Waals surface area contributed by atoms with E-state index in [1.165, 1.54) is 4.31 Å². The Morgan fingerprint density at radius 1 is 1.53 bits per heavy atom. The second-order valence-electron chi connectivity index (χ2n) is 4.32. The fourth-order valence-corrected chi connectivity index (χ4v) is 2.70. The van der Waals surface area contributed by atoms with Gasteiger partial charge in [0, 0.05) is 19.6 Å². The SMILES string of the molecule is CC(C)N(C)S(=O)(=O)NCC1CCNC1. The fraction of sp³-hybridized carbons (Fsp3) is 1.00. The third-order valence-corrected chi connectivity index (χ3v) is 4.53. The van der Waals surface area contributed by atoms with Crippen LogP contribution in [0.25, 0.3) is 0 Å². The maximum atomic E-state index is 11.7. The van der Waals surface area contributed by atoms with Gasteiger partial charge in [0.15, 0.2) is 0 Å². The first-order valence-corrected chi connectivity index (χ1v) is 6.81. The lowest BCUT2D eigenvalue weighted by Crippen LogP contribution is -2.43. The van der Waals surface area contributed by atoms with Crippen molar-refractivity contribution in [1.82, 2.24) is 14.3 Å². The minimum Gasteiger partial charge on any atom is -0.316 e. The number of rotatable bonds is 5. The van der Waals surface area contributed by atoms with Gasteiger partial charge in [0.1, 0.15) is 0 Å². The standard InChI is InChI=1S/C9H21N3O2S/c1-8(2)12(3)15(13,14)11-7-9-4-5-10-6-9/h8-11H,4-7H2,1-3H3. The molecule has 0 aliphatic carbocycles. The van der Waals surface area contributed by atoms with E-state index in [-0.39, 0.29) is 6.04 Å². The summed E-state index contributed by atoms with van der Waals surface area (Å²) in [5, 5.41) is 3.21. The molecule has 1 saturated heterocycles. The highest BCUT2D eigenvalue weighted by Crippen LogP contribution is 2.07. The number of hydrogen-bond acceptors (Lipinski definition) is 3. The van der Waals surface area contributed by atoms with Gasteiger partial charge in [-0.1, -0.05) is 0 Å². The molecule has 90 valence electrons. The van der Waals surface area contributed by atoms with Crippen LogP contribution in [0.1, 0.15) is 20.3 Å². The Morgan fingerprint density at radius 3 is 2.67 bits per heavy atom. The summed E-state index contributed by atoms with van der Waals surface area (Å²) in [5.74, 6) is 0.431. The van der Waals surface area contributed by atoms with Crippen LogP contribution in [0.15, 0.2) is 0 Å². The Bertz CT molecular complexity index is 284. The van der Waals surface area contributed by atoms with Gasteiger partial charge in [0.2, 0.25) is 0 Å². The molecule has 0 radical (unpaired) electrons. The third-order valence-electron chi connectivity index (χ3n) is 2.82. The van der Waals surface area contributed by atoms with Crippen molar-refractivity contribution in [3.8, 4) is 0 Å². The van der Waals surface area contributed by atoms with Gasteiger partial charge in [-0.25, -0.2) is 4.72 Å². The predicted octanol–water partition coefficient (Wildman–Crippen LogP) is -0.229. The van der Waals surface area contributed by atoms with Crippen LogP contribution in [0, 0.1) is 5.92 Å². The largest absolute Gasteiger partial charge is 0.316 e. The Kier molecular flexibility index (Phi) is 4.51. The van der Waals surface area contributed by atoms with E-state index in [0.717, 1.165) is 19.5 Å². The average molecular weight is 235 g/mol. The zero-order valence-corrected chi connectivity index (χ0v) is 10.5. The molecule has 0 aromatic carbocycles. The lowest BCUT2D eigenvalue weighted by molar-refractivity contribution is 0.398. The molecule has 1 atom stereocenters. The number of hydrogen-bond donors (Lipinski definition) is 2. The first-order chi connectivity index (χ1) is 6.93. The van der Waals surface area contributed by atoms with Crippen LogP contribution in [-0.2, 0) is 10.2 Å². The quantitative estimate of drug-likeness (QED) is 0.692. The van der Waals surface area contributed by atoms with E-state index < -0.39 is 10.2 Å². The zero-order chi connectivity index (χ0) is 11.5. The highest BCUT2D eigenvalue weighted by molar-refractivity contribution is 7.87. The Labute approximate surface area is 92.4 Å². The van der Waals surface area contributed by atoms with Gasteiger partial charge < -0.3 is 5.32 Å². The van der Waals surface area contributed by atoms with Crippen molar-refractivity contribution in [2.45, 2.75) is 26.3 Å². The zero-order valence-electron chi connectivity index (χ0n) is 9.66. The molecular formula is C9H21N3O2S. The Hall–Kier alpha value is -0.170. The van der Waals surface area contributed by atoms with E-state index in [2.05, 4.69) is 10.0 Å². The summed E-state index contributed by atoms with van der Waals surface area (Å²) in [4.78, 5) is 0. The van der Waals surface area contributed by atoms with Crippen molar-refractivity contribution in [2.75, 3.05) is 26.7 Å². The first-order valence-electron chi connectivity index (χ1n) is 5.37. The molecule has 15 heavy (non-hydrogen) atoms. The minimum absolute atomic E-state index is 0.01000. The lowest BCUT2D eigenvalue weighted by atomic mass is 10.1. The number of nitrogens with one attached hydrogen (secondary N) is 2. The van der Waals surface area contributed by atoms with Gasteiger partial charge in [-0.15, -0.1) is 0 Å². The monoisotopic (exact) mass is 235 g/mol. The molecule has 2 N–H and O–H groups in total. The van der Waals surface area contributed by atoms with E-state index in [4.69, 9.17) is 0 Å². The van der Waals surface area contributed by atoms with E-state index in [1.54, 1.807) is 7.05 Å². The molecule has 0 amide bonds. The van der Waals surface area contributed by atoms with Crippen molar-refractivity contribution in [3.05, 3.63) is 0 Å². The summed E-state index contributed by atoms with van der Waals surface area (Å²) < 4.78 is 27.4. The molecule has 5 nitrogen and oxygen atoms in total. The van der Waals surface area contributed by atoms with Crippen molar-refractivity contribution in [3.63, 3.8) is 0 Å². The van der Waals surface area contributed by atoms with Gasteiger partial charge in [0.25, 0.3) is 10.2 Å². The van der Waals surface area contributed by atoms with Crippen LogP contribution in [0.3, 0.4) is 0 Å². The predicted molar refractivity (Wildman–Crippen MR) is 60.8 cm³/mol. The summed E-state index contributed by atoms with van der Waals surface area (Å²) in [6.45, 7) is 6.15. The van der Waals surface area contributed by atoms with Gasteiger partial charge >= 0.3 is 0 Å². The van der Waals surface area contributed by atoms with Crippen LogP contribution in [-0.4, -0.2) is 45.4 Å². The molecule has 6 heteroatoms. The summed E-state index contributed by atoms with van der Waals surface area (Å²) in [7, 11) is -1.69. The second-order valence-corrected chi connectivity index (χ2v) is 6.14. The Morgan fingerprint density at radius 2 is 2.20 bits per heavy atom. The first kappa shape index (κ1) is 12.9. The van der Waals surface area contributed by atoms with Crippen molar-refractivity contribution >= 4 is 10.2 Å². The van der Waals surface area contributed by atoms with Crippen LogP contribution >= 0.6 is 0 Å². The van der Waals surface area contributed by atoms with Crippen molar-refractivity contribution < 1.29 is 8.42 Å². The molecule has 0 aromatic rings. The van der Waals surface area contributed by atoms with E-state index in [0.29, 0.717) is 12.5 Å². The van der Waals surface area contributed by atoms with Gasteiger partial charge in [-0.2, -0.15) is 12.7 Å². The molecule has 0 aromatic heterocycles. The lowest BCUT2D eigenvalue weighted by Gasteiger charge is -2.22. The molecule has 1 aliphatic heterocycles. The van der Waals surface area contributed by atoms with Crippen LogP contribution < -0.4 is 10.0 Å². The summed E-state index contributed by atoms with van der Waals surface area (Å²) in [6.07, 6.45) is 1.05. The van der Waals surface area contributed by atoms with E-state index in [1.807, 2.05) is 13.8 Å². The molecule has 1 heterocycles. The van der Waals surface area contributed by atoms with Crippen molar-refractivity contribution in [1.29, 1.82) is 0 Å². The fourth-order valence-electron chi connectivity index (χ4n) is 1.49. The average Bonchev–Trinajstić information content (AvgIpc) is 2.66. The summed E-state index contributed by atoms with van der Waals surface area (Å²) >= 11 is 0. The molecule has 0 saturated carbocycles. The summed E-state index contributed by atoms with van der Waals surface area (Å²) in [5.41, 5.74) is 0. The van der Waals surface area contributed by atoms with Crippen molar-refractivity contribution in [2.24, 2.45) is 5.92 Å². The topological polar surface area (TPSA) is 61.4 Å². The maximum Gasteiger partial charge on any atom is 0.279 e. The van der Waals surface area contributed by atoms with Crippen LogP contribution in [0.4, 0.5) is 0 Å². The minimum atomic E-state index is -3.29. The highest BCUT2D eigenvalue weighted by Gasteiger charge is 2.22. The molecular weight excluding hydrogens is 214 g/mol. The van der Waals surface area contributed by atoms with E-state index in [9.17, 15) is 8.42 Å². The number of nitrogens with zero attached hydrogens (tertiary/aromatic N) is 1. The van der Waals surface area contributed by atoms with Gasteiger partial charge in [-0.3, -0.25) is 0 Å². The molecule has 1 fully saturated rings. The molecule has 1 rings (SSSR count).